The van der Waals surface area contributed by atoms with Crippen molar-refractivity contribution in [3.05, 3.63) is 35.9 Å². The van der Waals surface area contributed by atoms with Crippen molar-refractivity contribution in [3.8, 4) is 0 Å². The lowest BCUT2D eigenvalue weighted by atomic mass is 10.2. The van der Waals surface area contributed by atoms with E-state index in [2.05, 4.69) is 29.2 Å². The molecule has 0 saturated carbocycles. The normalized spacial score (nSPS) is 20.3. The van der Waals surface area contributed by atoms with Gasteiger partial charge in [-0.05, 0) is 24.8 Å². The predicted molar refractivity (Wildman–Crippen MR) is 85.4 cm³/mol. The zero-order valence-corrected chi connectivity index (χ0v) is 13.1. The fraction of sp³-hybridized carbons (Fsp3) is 0.588. The molecule has 1 fully saturated rings. The summed E-state index contributed by atoms with van der Waals surface area (Å²) >= 11 is 0. The number of ether oxygens (including phenoxy) is 2. The summed E-state index contributed by atoms with van der Waals surface area (Å²) < 4.78 is 11.2. The van der Waals surface area contributed by atoms with Gasteiger partial charge in [-0.3, -0.25) is 5.01 Å². The number of hydrazone groups is 1. The molecule has 0 aromatic heterocycles. The number of methoxy groups -OCH3 is 1. The van der Waals surface area contributed by atoms with Crippen molar-refractivity contribution in [2.45, 2.75) is 44.9 Å². The summed E-state index contributed by atoms with van der Waals surface area (Å²) in [5.74, 6) is 0. The van der Waals surface area contributed by atoms with E-state index >= 15 is 0 Å². The maximum atomic E-state index is 5.93. The van der Waals surface area contributed by atoms with Gasteiger partial charge in [0, 0.05) is 13.7 Å². The van der Waals surface area contributed by atoms with Crippen molar-refractivity contribution in [3.63, 3.8) is 0 Å². The molecule has 1 aromatic carbocycles. The SMILES string of the molecule is CC[C@H](/C=N/N1CCC[C@H]1COC)OCc1ccccc1. The lowest BCUT2D eigenvalue weighted by Gasteiger charge is -2.21. The van der Waals surface area contributed by atoms with Crippen molar-refractivity contribution in [1.29, 1.82) is 0 Å². The third-order valence-corrected chi connectivity index (χ3v) is 3.80. The summed E-state index contributed by atoms with van der Waals surface area (Å²) in [4.78, 5) is 0. The third-order valence-electron chi connectivity index (χ3n) is 3.80. The number of rotatable bonds is 8. The molecule has 0 N–H and O–H groups in total. The largest absolute Gasteiger partial charge is 0.382 e. The lowest BCUT2D eigenvalue weighted by molar-refractivity contribution is 0.0816. The molecule has 116 valence electrons. The molecule has 0 spiro atoms. The minimum absolute atomic E-state index is 0.0639. The summed E-state index contributed by atoms with van der Waals surface area (Å²) in [5, 5.41) is 6.75. The second-order valence-corrected chi connectivity index (χ2v) is 5.42. The van der Waals surface area contributed by atoms with Gasteiger partial charge in [0.15, 0.2) is 0 Å². The highest BCUT2D eigenvalue weighted by molar-refractivity contribution is 5.62. The van der Waals surface area contributed by atoms with Gasteiger partial charge in [0.2, 0.25) is 0 Å². The van der Waals surface area contributed by atoms with Gasteiger partial charge in [-0.15, -0.1) is 0 Å². The van der Waals surface area contributed by atoms with Gasteiger partial charge in [-0.25, -0.2) is 0 Å². The monoisotopic (exact) mass is 290 g/mol. The molecule has 0 aliphatic carbocycles. The fourth-order valence-corrected chi connectivity index (χ4v) is 2.54. The van der Waals surface area contributed by atoms with Gasteiger partial charge in [0.05, 0.1) is 31.6 Å². The van der Waals surface area contributed by atoms with Crippen molar-refractivity contribution >= 4 is 6.21 Å². The summed E-state index contributed by atoms with van der Waals surface area (Å²) in [6.07, 6.45) is 5.28. The fourth-order valence-electron chi connectivity index (χ4n) is 2.54. The molecular formula is C17H26N2O2. The van der Waals surface area contributed by atoms with Crippen LogP contribution in [0, 0.1) is 0 Å². The highest BCUT2D eigenvalue weighted by atomic mass is 16.5. The van der Waals surface area contributed by atoms with E-state index in [1.54, 1.807) is 7.11 Å². The second-order valence-electron chi connectivity index (χ2n) is 5.42. The number of benzene rings is 1. The molecular weight excluding hydrogens is 264 g/mol. The highest BCUT2D eigenvalue weighted by Gasteiger charge is 2.22. The first-order chi connectivity index (χ1) is 10.3. The number of nitrogens with zero attached hydrogens (tertiary/aromatic N) is 2. The van der Waals surface area contributed by atoms with Crippen LogP contribution in [0.15, 0.2) is 35.4 Å². The zero-order chi connectivity index (χ0) is 14.9. The van der Waals surface area contributed by atoms with Gasteiger partial charge >= 0.3 is 0 Å². The van der Waals surface area contributed by atoms with Crippen molar-refractivity contribution in [2.75, 3.05) is 20.3 Å². The Morgan fingerprint density at radius 3 is 2.90 bits per heavy atom. The average molecular weight is 290 g/mol. The molecule has 0 bridgehead atoms. The van der Waals surface area contributed by atoms with Crippen molar-refractivity contribution in [2.24, 2.45) is 5.10 Å². The minimum Gasteiger partial charge on any atom is -0.382 e. The second kappa shape index (κ2) is 8.80. The van der Waals surface area contributed by atoms with Crippen LogP contribution in [0.25, 0.3) is 0 Å². The Bertz CT molecular complexity index is 422. The molecule has 0 radical (unpaired) electrons. The maximum absolute atomic E-state index is 5.93. The highest BCUT2D eigenvalue weighted by Crippen LogP contribution is 2.17. The molecule has 1 aliphatic rings. The van der Waals surface area contributed by atoms with Crippen molar-refractivity contribution < 1.29 is 9.47 Å². The predicted octanol–water partition coefficient (Wildman–Crippen LogP) is 3.08. The molecule has 1 aromatic rings. The van der Waals surface area contributed by atoms with E-state index in [1.807, 2.05) is 24.4 Å². The van der Waals surface area contributed by atoms with E-state index in [0.29, 0.717) is 12.6 Å². The van der Waals surface area contributed by atoms with Crippen LogP contribution in [0.2, 0.25) is 0 Å². The molecule has 0 amide bonds. The Hall–Kier alpha value is -1.39. The smallest absolute Gasteiger partial charge is 0.0945 e. The molecule has 1 saturated heterocycles. The summed E-state index contributed by atoms with van der Waals surface area (Å²) in [6, 6.07) is 10.7. The first-order valence-corrected chi connectivity index (χ1v) is 7.78. The Labute approximate surface area is 127 Å². The molecule has 1 heterocycles. The number of hydrogen-bond donors (Lipinski definition) is 0. The van der Waals surface area contributed by atoms with Crippen LogP contribution < -0.4 is 0 Å². The van der Waals surface area contributed by atoms with E-state index < -0.39 is 0 Å². The molecule has 4 heteroatoms. The Kier molecular flexibility index (Phi) is 6.70. The number of hydrogen-bond acceptors (Lipinski definition) is 4. The molecule has 4 nitrogen and oxygen atoms in total. The van der Waals surface area contributed by atoms with Crippen LogP contribution in [-0.2, 0) is 16.1 Å². The first kappa shape index (κ1) is 16.0. The molecule has 2 rings (SSSR count). The van der Waals surface area contributed by atoms with Crippen LogP contribution in [0.4, 0.5) is 0 Å². The Morgan fingerprint density at radius 1 is 1.38 bits per heavy atom. The van der Waals surface area contributed by atoms with E-state index in [-0.39, 0.29) is 6.10 Å². The quantitative estimate of drug-likeness (QED) is 0.690. The van der Waals surface area contributed by atoms with Gasteiger partial charge in [0.25, 0.3) is 0 Å². The Morgan fingerprint density at radius 2 is 2.19 bits per heavy atom. The molecule has 21 heavy (non-hydrogen) atoms. The van der Waals surface area contributed by atoms with Crippen LogP contribution >= 0.6 is 0 Å². The Balaban J connectivity index is 1.82. The topological polar surface area (TPSA) is 34.1 Å². The van der Waals surface area contributed by atoms with Gasteiger partial charge in [0.1, 0.15) is 0 Å². The van der Waals surface area contributed by atoms with Crippen LogP contribution in [-0.4, -0.2) is 43.6 Å². The molecule has 1 aliphatic heterocycles. The third kappa shape index (κ3) is 5.14. The van der Waals surface area contributed by atoms with Crippen LogP contribution in [0.1, 0.15) is 31.7 Å². The zero-order valence-electron chi connectivity index (χ0n) is 13.1. The lowest BCUT2D eigenvalue weighted by Crippen LogP contribution is -2.29. The van der Waals surface area contributed by atoms with Gasteiger partial charge < -0.3 is 9.47 Å². The van der Waals surface area contributed by atoms with E-state index in [1.165, 1.54) is 12.0 Å². The maximum Gasteiger partial charge on any atom is 0.0945 e. The van der Waals surface area contributed by atoms with Gasteiger partial charge in [-0.2, -0.15) is 5.10 Å². The summed E-state index contributed by atoms with van der Waals surface area (Å²) in [7, 11) is 1.75. The summed E-state index contributed by atoms with van der Waals surface area (Å²) in [6.45, 7) is 4.52. The van der Waals surface area contributed by atoms with Crippen molar-refractivity contribution in [1.82, 2.24) is 5.01 Å². The first-order valence-electron chi connectivity index (χ1n) is 7.78. The van der Waals surface area contributed by atoms with Gasteiger partial charge in [-0.1, -0.05) is 37.3 Å². The average Bonchev–Trinajstić information content (AvgIpc) is 2.96. The van der Waals surface area contributed by atoms with E-state index in [4.69, 9.17) is 9.47 Å². The minimum atomic E-state index is 0.0639. The molecule has 0 unspecified atom stereocenters. The summed E-state index contributed by atoms with van der Waals surface area (Å²) in [5.41, 5.74) is 1.20. The van der Waals surface area contributed by atoms with Crippen LogP contribution in [0.3, 0.4) is 0 Å². The molecule has 2 atom stereocenters. The van der Waals surface area contributed by atoms with E-state index in [0.717, 1.165) is 26.0 Å². The standard InChI is InChI=1S/C17H26N2O2/c1-3-17(21-13-15-8-5-4-6-9-15)12-18-19-11-7-10-16(19)14-20-2/h4-6,8-9,12,16-17H,3,7,10-11,13-14H2,1-2H3/b18-12+/t16-,17+/m0/s1. The van der Waals surface area contributed by atoms with E-state index in [9.17, 15) is 0 Å². The van der Waals surface area contributed by atoms with Crippen LogP contribution in [0.5, 0.6) is 0 Å².